The number of piperazine rings is 1. The standard InChI is InChI=1S/C23H23F3N6O4/c1-36-14-21(34)31-9-7-30(8-10-31)20(33)13-32-12-15-11-16(5-6-17(15)29-32)27-22(35)18-3-2-4-19(28-18)23(24,25)26/h2-6,11-12H,7-10,13-14H2,1H3,(H,27,35). The molecule has 1 aliphatic rings. The monoisotopic (exact) mass is 504 g/mol. The third kappa shape index (κ3) is 5.79. The van der Waals surface area contributed by atoms with E-state index >= 15 is 0 Å². The van der Waals surface area contributed by atoms with Crippen molar-refractivity contribution in [1.82, 2.24) is 24.6 Å². The smallest absolute Gasteiger partial charge is 0.375 e. The van der Waals surface area contributed by atoms with Gasteiger partial charge in [0.25, 0.3) is 5.91 Å². The number of benzene rings is 1. The van der Waals surface area contributed by atoms with Crippen molar-refractivity contribution in [3.8, 4) is 0 Å². The summed E-state index contributed by atoms with van der Waals surface area (Å²) in [5.74, 6) is -1.05. The molecule has 10 nitrogen and oxygen atoms in total. The maximum atomic E-state index is 12.9. The zero-order valence-corrected chi connectivity index (χ0v) is 19.3. The number of nitrogens with one attached hydrogen (secondary N) is 1. The summed E-state index contributed by atoms with van der Waals surface area (Å²) in [5.41, 5.74) is -0.600. The fourth-order valence-electron chi connectivity index (χ4n) is 3.81. The molecule has 0 aliphatic carbocycles. The molecule has 3 aromatic rings. The Morgan fingerprint density at radius 3 is 2.39 bits per heavy atom. The molecule has 1 N–H and O–H groups in total. The van der Waals surface area contributed by atoms with Crippen LogP contribution in [-0.2, 0) is 27.0 Å². The molecule has 1 fully saturated rings. The summed E-state index contributed by atoms with van der Waals surface area (Å²) in [6.07, 6.45) is -3.01. The summed E-state index contributed by atoms with van der Waals surface area (Å²) in [6.45, 7) is 1.69. The van der Waals surface area contributed by atoms with E-state index in [1.54, 1.807) is 34.2 Å². The van der Waals surface area contributed by atoms with Gasteiger partial charge in [-0.25, -0.2) is 4.98 Å². The number of pyridine rings is 1. The van der Waals surface area contributed by atoms with Crippen LogP contribution in [0.5, 0.6) is 0 Å². The van der Waals surface area contributed by atoms with Crippen molar-refractivity contribution >= 4 is 34.3 Å². The number of ether oxygens (including phenoxy) is 1. The van der Waals surface area contributed by atoms with E-state index in [9.17, 15) is 27.6 Å². The fourth-order valence-corrected chi connectivity index (χ4v) is 3.81. The minimum atomic E-state index is -4.66. The summed E-state index contributed by atoms with van der Waals surface area (Å²) >= 11 is 0. The zero-order chi connectivity index (χ0) is 25.9. The van der Waals surface area contributed by atoms with Crippen molar-refractivity contribution in [2.24, 2.45) is 0 Å². The highest BCUT2D eigenvalue weighted by atomic mass is 19.4. The zero-order valence-electron chi connectivity index (χ0n) is 19.3. The summed E-state index contributed by atoms with van der Waals surface area (Å²) in [7, 11) is 1.45. The van der Waals surface area contributed by atoms with Crippen molar-refractivity contribution in [1.29, 1.82) is 0 Å². The Kier molecular flexibility index (Phi) is 7.20. The van der Waals surface area contributed by atoms with E-state index in [1.807, 2.05) is 0 Å². The van der Waals surface area contributed by atoms with Gasteiger partial charge in [0.2, 0.25) is 11.8 Å². The second-order valence-corrected chi connectivity index (χ2v) is 8.15. The molecule has 0 bridgehead atoms. The van der Waals surface area contributed by atoms with Crippen LogP contribution in [0.4, 0.5) is 18.9 Å². The number of methoxy groups -OCH3 is 1. The number of hydrogen-bond acceptors (Lipinski definition) is 6. The quantitative estimate of drug-likeness (QED) is 0.550. The highest BCUT2D eigenvalue weighted by Gasteiger charge is 2.33. The Hall–Kier alpha value is -4.00. The molecule has 3 heterocycles. The van der Waals surface area contributed by atoms with E-state index < -0.39 is 17.8 Å². The van der Waals surface area contributed by atoms with Crippen LogP contribution in [0.3, 0.4) is 0 Å². The summed E-state index contributed by atoms with van der Waals surface area (Å²) < 4.78 is 45.0. The average molecular weight is 504 g/mol. The predicted octanol–water partition coefficient (Wildman–Crippen LogP) is 2.02. The summed E-state index contributed by atoms with van der Waals surface area (Å²) in [5, 5.41) is 7.53. The Balaban J connectivity index is 1.38. The minimum absolute atomic E-state index is 0.00343. The molecule has 190 valence electrons. The van der Waals surface area contributed by atoms with Crippen LogP contribution in [-0.4, -0.2) is 82.2 Å². The van der Waals surface area contributed by atoms with Gasteiger partial charge in [0.05, 0.1) is 5.52 Å². The number of fused-ring (bicyclic) bond motifs is 1. The Bertz CT molecular complexity index is 1280. The first-order chi connectivity index (χ1) is 17.1. The molecule has 3 amide bonds. The molecule has 0 saturated carbocycles. The molecular formula is C23H23F3N6O4. The normalized spacial score (nSPS) is 14.2. The third-order valence-corrected chi connectivity index (χ3v) is 5.63. The number of anilines is 1. The lowest BCUT2D eigenvalue weighted by atomic mass is 10.2. The van der Waals surface area contributed by atoms with Crippen LogP contribution in [0.2, 0.25) is 0 Å². The van der Waals surface area contributed by atoms with Crippen LogP contribution < -0.4 is 5.32 Å². The van der Waals surface area contributed by atoms with Gasteiger partial charge in [-0.1, -0.05) is 6.07 Å². The Morgan fingerprint density at radius 1 is 1.03 bits per heavy atom. The van der Waals surface area contributed by atoms with Gasteiger partial charge in [-0.2, -0.15) is 18.3 Å². The molecule has 1 saturated heterocycles. The first-order valence-electron chi connectivity index (χ1n) is 11.0. The van der Waals surface area contributed by atoms with Crippen LogP contribution in [0, 0.1) is 0 Å². The van der Waals surface area contributed by atoms with Crippen LogP contribution >= 0.6 is 0 Å². The number of alkyl halides is 3. The van der Waals surface area contributed by atoms with Crippen LogP contribution in [0.1, 0.15) is 16.2 Å². The second-order valence-electron chi connectivity index (χ2n) is 8.15. The van der Waals surface area contributed by atoms with E-state index in [-0.39, 0.29) is 30.7 Å². The first-order valence-corrected chi connectivity index (χ1v) is 11.0. The van der Waals surface area contributed by atoms with E-state index in [0.29, 0.717) is 42.8 Å². The number of amides is 3. The first kappa shape index (κ1) is 25.1. The molecular weight excluding hydrogens is 481 g/mol. The molecule has 0 atom stereocenters. The van der Waals surface area contributed by atoms with Gasteiger partial charge < -0.3 is 19.9 Å². The number of aromatic nitrogens is 3. The van der Waals surface area contributed by atoms with Gasteiger partial charge in [-0.15, -0.1) is 0 Å². The predicted molar refractivity (Wildman–Crippen MR) is 122 cm³/mol. The van der Waals surface area contributed by atoms with E-state index in [4.69, 9.17) is 4.74 Å². The molecule has 1 aliphatic heterocycles. The van der Waals surface area contributed by atoms with Gasteiger partial charge in [-0.05, 0) is 30.3 Å². The molecule has 2 aromatic heterocycles. The number of halogens is 3. The number of nitrogens with zero attached hydrogens (tertiary/aromatic N) is 5. The molecule has 0 unspecified atom stereocenters. The third-order valence-electron chi connectivity index (χ3n) is 5.63. The second kappa shape index (κ2) is 10.3. The lowest BCUT2D eigenvalue weighted by molar-refractivity contribution is -0.142. The van der Waals surface area contributed by atoms with Gasteiger partial charge in [-0.3, -0.25) is 19.1 Å². The van der Waals surface area contributed by atoms with Crippen LogP contribution in [0.25, 0.3) is 10.9 Å². The van der Waals surface area contributed by atoms with Gasteiger partial charge in [0.15, 0.2) is 0 Å². The minimum Gasteiger partial charge on any atom is -0.375 e. The lowest BCUT2D eigenvalue weighted by Crippen LogP contribution is -2.52. The Labute approximate surface area is 203 Å². The maximum Gasteiger partial charge on any atom is 0.433 e. The highest BCUT2D eigenvalue weighted by molar-refractivity contribution is 6.03. The number of carbonyl (C=O) groups excluding carboxylic acids is 3. The van der Waals surface area contributed by atoms with Crippen molar-refractivity contribution < 1.29 is 32.3 Å². The van der Waals surface area contributed by atoms with E-state index in [1.165, 1.54) is 17.9 Å². The van der Waals surface area contributed by atoms with Crippen LogP contribution in [0.15, 0.2) is 42.6 Å². The van der Waals surface area contributed by atoms with E-state index in [2.05, 4.69) is 15.4 Å². The highest BCUT2D eigenvalue weighted by Crippen LogP contribution is 2.27. The SMILES string of the molecule is COCC(=O)N1CCN(C(=O)Cn2cc3cc(NC(=O)c4cccc(C(F)(F)F)n4)ccc3n2)CC1. The number of carbonyl (C=O) groups is 3. The maximum absolute atomic E-state index is 12.9. The van der Waals surface area contributed by atoms with Crippen molar-refractivity contribution in [3.63, 3.8) is 0 Å². The Morgan fingerprint density at radius 2 is 1.72 bits per heavy atom. The molecule has 4 rings (SSSR count). The number of rotatable bonds is 6. The van der Waals surface area contributed by atoms with Crippen molar-refractivity contribution in [2.45, 2.75) is 12.7 Å². The molecule has 1 aromatic carbocycles. The summed E-state index contributed by atoms with van der Waals surface area (Å²) in [6, 6.07) is 7.90. The molecule has 0 spiro atoms. The molecule has 0 radical (unpaired) electrons. The van der Waals surface area contributed by atoms with Gasteiger partial charge in [0, 0.05) is 50.6 Å². The molecule has 13 heteroatoms. The van der Waals surface area contributed by atoms with Crippen molar-refractivity contribution in [2.75, 3.05) is 45.2 Å². The van der Waals surface area contributed by atoms with E-state index in [0.717, 1.165) is 12.1 Å². The number of hydrogen-bond donors (Lipinski definition) is 1. The lowest BCUT2D eigenvalue weighted by Gasteiger charge is -2.34. The average Bonchev–Trinajstić information content (AvgIpc) is 3.25. The van der Waals surface area contributed by atoms with Crippen molar-refractivity contribution in [3.05, 3.63) is 54.0 Å². The topological polar surface area (TPSA) is 110 Å². The fraction of sp³-hybridized carbons (Fsp3) is 0.348. The van der Waals surface area contributed by atoms with Gasteiger partial charge in [0.1, 0.15) is 24.5 Å². The van der Waals surface area contributed by atoms with Gasteiger partial charge >= 0.3 is 6.18 Å². The largest absolute Gasteiger partial charge is 0.433 e. The molecule has 36 heavy (non-hydrogen) atoms. The summed E-state index contributed by atoms with van der Waals surface area (Å²) in [4.78, 5) is 43.7.